The van der Waals surface area contributed by atoms with Crippen LogP contribution in [-0.2, 0) is 47.1 Å². The molecule has 7 N–H and O–H groups in total. The molecule has 0 atom stereocenters. The van der Waals surface area contributed by atoms with E-state index < -0.39 is 0 Å². The molecule has 1 saturated heterocycles. The molecule has 12 aromatic rings. The quantitative estimate of drug-likeness (QED) is 0.0387. The second-order valence-electron chi connectivity index (χ2n) is 25.0. The van der Waals surface area contributed by atoms with Gasteiger partial charge in [-0.15, -0.1) is 0 Å². The second kappa shape index (κ2) is 31.2. The molecule has 26 heteroatoms. The van der Waals surface area contributed by atoms with Crippen LogP contribution in [0.1, 0.15) is 51.9 Å². The molecular formula is C72H84N24O2. The smallest absolute Gasteiger partial charge is 0.216 e. The van der Waals surface area contributed by atoms with Crippen molar-refractivity contribution in [1.82, 2.24) is 98.8 Å². The van der Waals surface area contributed by atoms with Crippen LogP contribution in [0.2, 0.25) is 0 Å². The van der Waals surface area contributed by atoms with Crippen LogP contribution in [0, 0.1) is 0 Å². The topological polar surface area (TPSA) is 299 Å². The number of piperidine rings is 1. The molecule has 0 spiro atoms. The first-order valence-electron chi connectivity index (χ1n) is 33.1. The molecule has 1 aliphatic heterocycles. The molecule has 14 rings (SSSR count). The van der Waals surface area contributed by atoms with Crippen molar-refractivity contribution in [3.63, 3.8) is 0 Å². The predicted octanol–water partition coefficient (Wildman–Crippen LogP) is 9.32. The van der Waals surface area contributed by atoms with Gasteiger partial charge in [-0.05, 0) is 85.9 Å². The Morgan fingerprint density at radius 1 is 0.480 bits per heavy atom. The van der Waals surface area contributed by atoms with Crippen molar-refractivity contribution in [1.29, 1.82) is 0 Å². The maximum Gasteiger partial charge on any atom is 0.216 e. The van der Waals surface area contributed by atoms with Crippen molar-refractivity contribution < 1.29 is 9.90 Å². The van der Waals surface area contributed by atoms with Gasteiger partial charge in [-0.1, -0.05) is 54.6 Å². The summed E-state index contributed by atoms with van der Waals surface area (Å²) in [5.41, 5.74) is 20.8. The third-order valence-corrected chi connectivity index (χ3v) is 17.3. The molecule has 0 bridgehead atoms. The van der Waals surface area contributed by atoms with E-state index in [1.807, 2.05) is 171 Å². The molecule has 3 aromatic carbocycles. The zero-order valence-corrected chi connectivity index (χ0v) is 56.4. The molecule has 0 radical (unpaired) electrons. The summed E-state index contributed by atoms with van der Waals surface area (Å²) in [6.45, 7) is 6.30. The Balaban J connectivity index is 0.000000140. The summed E-state index contributed by atoms with van der Waals surface area (Å²) in [6.07, 6.45) is 33.0. The fraction of sp³-hybridized carbons (Fsp3) is 0.319. The molecule has 1 saturated carbocycles. The van der Waals surface area contributed by atoms with Crippen LogP contribution in [0.5, 0.6) is 0 Å². The number of amides is 1. The molecule has 26 nitrogen and oxygen atoms in total. The van der Waals surface area contributed by atoms with Crippen molar-refractivity contribution in [2.75, 3.05) is 55.2 Å². The molecule has 9 aromatic heterocycles. The molecule has 1 amide bonds. The van der Waals surface area contributed by atoms with Crippen LogP contribution in [0.15, 0.2) is 166 Å². The van der Waals surface area contributed by atoms with Crippen molar-refractivity contribution in [3.8, 4) is 101 Å². The lowest BCUT2D eigenvalue weighted by atomic mass is 9.92. The lowest BCUT2D eigenvalue weighted by Gasteiger charge is -2.29. The lowest BCUT2D eigenvalue weighted by molar-refractivity contribution is -0.118. The first-order chi connectivity index (χ1) is 47.6. The standard InChI is InChI=1S/C25H30N8O.C24H28N8.C23H26N8O/c1-31-16-20(13-28-31)18-4-3-5-19(12-18)24-27-15-23(21-14-29-32(2)17-21)25(30-24)26-8-11-33-9-6-22(34)7-10-33;1-31-11-10-22(30-31)21-14-26-23(29-24(21)28-20-8-6-19(25)7-9-20)17-5-3-4-16(12-17)18-13-27-32(2)15-18;1-16(32)24-8-5-9-25-23-21(20-12-28-31(3)15-20)13-26-22(29-23)18-7-4-6-17(10-18)19-11-27-30(2)14-19/h3-5,12-17,22,34H,6-11H2,1-2H3,(H,26,27,30);3-5,10-15,19-20H,6-9,25H2,1-2H3,(H,26,28,29);4,6-7,10-15H,5,8-9H2,1-3H3,(H,24,32)(H,25,26,29). The first-order valence-corrected chi connectivity index (χ1v) is 33.1. The third kappa shape index (κ3) is 17.3. The number of aliphatic hydroxyl groups is 1. The van der Waals surface area contributed by atoms with Gasteiger partial charge in [0.25, 0.3) is 0 Å². The van der Waals surface area contributed by atoms with Gasteiger partial charge in [0, 0.05) is 212 Å². The average molecular weight is 1320 g/mol. The van der Waals surface area contributed by atoms with Gasteiger partial charge in [-0.2, -0.15) is 30.6 Å². The monoisotopic (exact) mass is 1320 g/mol. The van der Waals surface area contributed by atoms with Crippen LogP contribution in [0.25, 0.3) is 101 Å². The number of anilines is 3. The van der Waals surface area contributed by atoms with Gasteiger partial charge in [0.1, 0.15) is 17.5 Å². The highest BCUT2D eigenvalue weighted by Gasteiger charge is 2.23. The average Bonchev–Trinajstić information content (AvgIpc) is 1.25. The van der Waals surface area contributed by atoms with E-state index in [-0.39, 0.29) is 12.0 Å². The second-order valence-corrected chi connectivity index (χ2v) is 25.0. The summed E-state index contributed by atoms with van der Waals surface area (Å²) in [5, 5.41) is 49.2. The number of rotatable bonds is 20. The molecule has 2 aliphatic rings. The van der Waals surface area contributed by atoms with Gasteiger partial charge in [-0.25, -0.2) is 29.9 Å². The number of carbonyl (C=O) groups excluding carboxylic acids is 1. The Labute approximate surface area is 569 Å². The van der Waals surface area contributed by atoms with E-state index in [4.69, 9.17) is 30.7 Å². The van der Waals surface area contributed by atoms with E-state index in [1.165, 1.54) is 6.92 Å². The van der Waals surface area contributed by atoms with Gasteiger partial charge in [0.2, 0.25) is 5.91 Å². The lowest BCUT2D eigenvalue weighted by Crippen LogP contribution is -2.38. The highest BCUT2D eigenvalue weighted by atomic mass is 16.3. The number of nitrogens with zero attached hydrogens (tertiary/aromatic N) is 19. The summed E-state index contributed by atoms with van der Waals surface area (Å²) < 4.78 is 10.7. The molecular weight excluding hydrogens is 1230 g/mol. The number of aliphatic hydroxyl groups excluding tert-OH is 1. The zero-order valence-electron chi connectivity index (χ0n) is 56.4. The third-order valence-electron chi connectivity index (χ3n) is 17.3. The Kier molecular flexibility index (Phi) is 21.3. The van der Waals surface area contributed by atoms with E-state index in [9.17, 15) is 9.90 Å². The van der Waals surface area contributed by atoms with Crippen molar-refractivity contribution in [2.45, 2.75) is 70.1 Å². The minimum atomic E-state index is -0.159. The molecule has 2 fully saturated rings. The van der Waals surface area contributed by atoms with Crippen molar-refractivity contribution in [2.24, 2.45) is 48.0 Å². The normalized spacial score (nSPS) is 14.8. The Morgan fingerprint density at radius 3 is 1.32 bits per heavy atom. The summed E-state index contributed by atoms with van der Waals surface area (Å²) in [7, 11) is 11.4. The van der Waals surface area contributed by atoms with Gasteiger partial charge in [0.15, 0.2) is 17.5 Å². The van der Waals surface area contributed by atoms with Gasteiger partial charge in [-0.3, -0.25) is 32.9 Å². The van der Waals surface area contributed by atoms with Crippen LogP contribution < -0.4 is 27.0 Å². The van der Waals surface area contributed by atoms with E-state index in [0.29, 0.717) is 42.6 Å². The van der Waals surface area contributed by atoms with Gasteiger partial charge in [0.05, 0.1) is 48.3 Å². The summed E-state index contributed by atoms with van der Waals surface area (Å²) in [4.78, 5) is 42.2. The van der Waals surface area contributed by atoms with E-state index in [1.54, 1.807) is 34.3 Å². The van der Waals surface area contributed by atoms with E-state index >= 15 is 0 Å². The molecule has 0 unspecified atom stereocenters. The molecule has 504 valence electrons. The fourth-order valence-electron chi connectivity index (χ4n) is 11.9. The molecule has 98 heavy (non-hydrogen) atoms. The molecule has 1 aliphatic carbocycles. The number of likely N-dealkylation sites (tertiary alicyclic amines) is 1. The number of aryl methyl sites for hydroxylation is 6. The summed E-state index contributed by atoms with van der Waals surface area (Å²) in [5.74, 6) is 4.31. The van der Waals surface area contributed by atoms with Crippen LogP contribution in [-0.4, -0.2) is 162 Å². The number of nitrogens with one attached hydrogen (secondary N) is 4. The van der Waals surface area contributed by atoms with Crippen molar-refractivity contribution in [3.05, 3.63) is 166 Å². The van der Waals surface area contributed by atoms with E-state index in [0.717, 1.165) is 172 Å². The van der Waals surface area contributed by atoms with Gasteiger partial charge >= 0.3 is 0 Å². The number of carbonyl (C=O) groups is 1. The largest absolute Gasteiger partial charge is 0.393 e. The van der Waals surface area contributed by atoms with Gasteiger partial charge < -0.3 is 37.0 Å². The predicted molar refractivity (Wildman–Crippen MR) is 381 cm³/mol. The SMILES string of the molecule is CC(=O)NCCCNc1nc(-c2cccc(-c3cnn(C)c3)c2)ncc1-c1cnn(C)c1.Cn1cc(-c2cccc(-c3ncc(-c4ccn(C)n4)c(NC4CCC(N)CC4)n3)c2)cn1.Cn1cc(-c2cccc(-c3ncc(-c4cnn(C)c4)c(NCCN4CCC(O)CC4)n3)c2)cn1. The van der Waals surface area contributed by atoms with Crippen LogP contribution >= 0.6 is 0 Å². The van der Waals surface area contributed by atoms with Crippen LogP contribution in [0.4, 0.5) is 17.5 Å². The van der Waals surface area contributed by atoms with Crippen molar-refractivity contribution >= 4 is 23.4 Å². The zero-order chi connectivity index (χ0) is 68.1. The minimum absolute atomic E-state index is 0.0288. The Hall–Kier alpha value is -11.1. The number of aromatic nitrogens is 18. The Bertz CT molecular complexity index is 4620. The number of nitrogens with two attached hydrogens (primary N) is 1. The first kappa shape index (κ1) is 66.9. The molecule has 10 heterocycles. The minimum Gasteiger partial charge on any atom is -0.393 e. The Morgan fingerprint density at radius 2 is 0.898 bits per heavy atom. The maximum atomic E-state index is 11.1. The number of hydrogen-bond donors (Lipinski definition) is 6. The number of benzene rings is 3. The maximum absolute atomic E-state index is 11.1. The summed E-state index contributed by atoms with van der Waals surface area (Å²) in [6, 6.07) is 27.2. The fourth-order valence-corrected chi connectivity index (χ4v) is 11.9. The van der Waals surface area contributed by atoms with E-state index in [2.05, 4.69) is 92.1 Å². The summed E-state index contributed by atoms with van der Waals surface area (Å²) >= 11 is 0. The van der Waals surface area contributed by atoms with Crippen LogP contribution in [0.3, 0.4) is 0 Å². The highest BCUT2D eigenvalue weighted by Crippen LogP contribution is 2.34. The highest BCUT2D eigenvalue weighted by molar-refractivity contribution is 5.80. The number of hydrogen-bond acceptors (Lipinski definition) is 19.